The lowest BCUT2D eigenvalue weighted by Crippen LogP contribution is -2.33. The molecule has 0 aliphatic carbocycles. The lowest BCUT2D eigenvalue weighted by Gasteiger charge is -2.11. The molecule has 136 valence electrons. The van der Waals surface area contributed by atoms with E-state index in [1.54, 1.807) is 31.3 Å². The van der Waals surface area contributed by atoms with Crippen LogP contribution in [0.25, 0.3) is 0 Å². The van der Waals surface area contributed by atoms with Crippen molar-refractivity contribution in [3.63, 3.8) is 0 Å². The second-order valence-electron chi connectivity index (χ2n) is 6.24. The largest absolute Gasteiger partial charge is 0.488 e. The number of aryl methyl sites for hydroxylation is 1. The Hall–Kier alpha value is -3.16. The summed E-state index contributed by atoms with van der Waals surface area (Å²) in [7, 11) is -1.64. The van der Waals surface area contributed by atoms with Gasteiger partial charge >= 0.3 is 7.12 Å². The molecule has 0 aliphatic heterocycles. The lowest BCUT2D eigenvalue weighted by molar-refractivity contribution is 0.102. The minimum atomic E-state index is -1.64. The van der Waals surface area contributed by atoms with Crippen LogP contribution in [0.1, 0.15) is 21.5 Å². The molecule has 3 rings (SSSR count). The van der Waals surface area contributed by atoms with Crippen molar-refractivity contribution >= 4 is 24.2 Å². The van der Waals surface area contributed by atoms with E-state index < -0.39 is 18.6 Å². The molecule has 6 nitrogen and oxygen atoms in total. The molecular weight excluding hydrogens is 343 g/mol. The van der Waals surface area contributed by atoms with Crippen molar-refractivity contribution < 1.29 is 14.8 Å². The summed E-state index contributed by atoms with van der Waals surface area (Å²) in [5.41, 5.74) is 1.94. The summed E-state index contributed by atoms with van der Waals surface area (Å²) in [6, 6.07) is 17.4. The number of carbonyl (C=O) groups excluding carboxylic acids is 1. The molecule has 1 heterocycles. The molecule has 0 radical (unpaired) electrons. The lowest BCUT2D eigenvalue weighted by atomic mass is 9.77. The van der Waals surface area contributed by atoms with E-state index in [9.17, 15) is 19.6 Å². The van der Waals surface area contributed by atoms with Crippen molar-refractivity contribution in [1.82, 2.24) is 4.57 Å². The molecule has 1 amide bonds. The van der Waals surface area contributed by atoms with E-state index in [1.165, 1.54) is 16.7 Å². The van der Waals surface area contributed by atoms with E-state index in [2.05, 4.69) is 5.32 Å². The van der Waals surface area contributed by atoms with Crippen molar-refractivity contribution in [3.8, 4) is 0 Å². The molecule has 1 aromatic heterocycles. The summed E-state index contributed by atoms with van der Waals surface area (Å²) in [6.07, 6.45) is 1.64. The molecule has 3 N–H and O–H groups in total. The van der Waals surface area contributed by atoms with Gasteiger partial charge in [-0.15, -0.1) is 0 Å². The molecule has 0 aliphatic rings. The summed E-state index contributed by atoms with van der Waals surface area (Å²) in [4.78, 5) is 25.2. The number of pyridine rings is 1. The highest BCUT2D eigenvalue weighted by molar-refractivity contribution is 6.59. The first-order valence-corrected chi connectivity index (χ1v) is 8.47. The highest BCUT2D eigenvalue weighted by Gasteiger charge is 2.17. The predicted molar refractivity (Wildman–Crippen MR) is 105 cm³/mol. The number of hydrogen-bond donors (Lipinski definition) is 3. The van der Waals surface area contributed by atoms with Gasteiger partial charge in [0.05, 0.1) is 6.54 Å². The topological polar surface area (TPSA) is 91.6 Å². The molecule has 0 spiro atoms. The Balaban J connectivity index is 1.84. The van der Waals surface area contributed by atoms with Crippen molar-refractivity contribution in [2.24, 2.45) is 0 Å². The Kier molecular flexibility index (Phi) is 5.54. The van der Waals surface area contributed by atoms with Crippen LogP contribution in [-0.2, 0) is 6.54 Å². The smallest absolute Gasteiger partial charge is 0.423 e. The van der Waals surface area contributed by atoms with E-state index in [0.717, 1.165) is 5.56 Å². The first-order valence-electron chi connectivity index (χ1n) is 8.47. The van der Waals surface area contributed by atoms with Gasteiger partial charge in [0.1, 0.15) is 5.56 Å². The third kappa shape index (κ3) is 4.34. The van der Waals surface area contributed by atoms with Gasteiger partial charge in [-0.25, -0.2) is 0 Å². The zero-order valence-corrected chi connectivity index (χ0v) is 14.8. The van der Waals surface area contributed by atoms with Gasteiger partial charge in [-0.05, 0) is 42.2 Å². The Morgan fingerprint density at radius 1 is 1.07 bits per heavy atom. The van der Waals surface area contributed by atoms with Gasteiger partial charge in [-0.2, -0.15) is 0 Å². The molecule has 0 bridgehead atoms. The van der Waals surface area contributed by atoms with E-state index >= 15 is 0 Å². The molecule has 2 aromatic carbocycles. The highest BCUT2D eigenvalue weighted by Crippen LogP contribution is 2.09. The van der Waals surface area contributed by atoms with Gasteiger partial charge in [0.2, 0.25) is 0 Å². The Morgan fingerprint density at radius 2 is 1.81 bits per heavy atom. The summed E-state index contributed by atoms with van der Waals surface area (Å²) < 4.78 is 1.47. The van der Waals surface area contributed by atoms with Crippen LogP contribution in [0.2, 0.25) is 0 Å². The van der Waals surface area contributed by atoms with Crippen LogP contribution in [0.4, 0.5) is 5.69 Å². The number of anilines is 1. The third-order valence-corrected chi connectivity index (χ3v) is 4.28. The summed E-state index contributed by atoms with van der Waals surface area (Å²) >= 11 is 0. The fraction of sp³-hybridized carbons (Fsp3) is 0.100. The van der Waals surface area contributed by atoms with E-state index in [0.29, 0.717) is 23.3 Å². The van der Waals surface area contributed by atoms with Crippen LogP contribution >= 0.6 is 0 Å². The van der Waals surface area contributed by atoms with Crippen molar-refractivity contribution in [2.45, 2.75) is 13.5 Å². The molecule has 27 heavy (non-hydrogen) atoms. The number of benzene rings is 2. The van der Waals surface area contributed by atoms with Gasteiger partial charge < -0.3 is 19.9 Å². The number of hydrogen-bond acceptors (Lipinski definition) is 4. The second-order valence-corrected chi connectivity index (χ2v) is 6.24. The number of nitrogens with one attached hydrogen (secondary N) is 1. The molecule has 7 heteroatoms. The van der Waals surface area contributed by atoms with Crippen molar-refractivity contribution in [3.05, 3.63) is 93.9 Å². The fourth-order valence-corrected chi connectivity index (χ4v) is 2.81. The van der Waals surface area contributed by atoms with E-state index in [1.807, 2.05) is 30.3 Å². The molecule has 0 saturated carbocycles. The SMILES string of the molecule is Cc1ccc(NC(=O)c2cccn(Cc3ccccc3)c2=O)cc1B(O)O. The zero-order valence-electron chi connectivity index (χ0n) is 14.8. The molecular formula is C20H19BN2O4. The van der Waals surface area contributed by atoms with Crippen LogP contribution in [-0.4, -0.2) is 27.6 Å². The van der Waals surface area contributed by atoms with Crippen LogP contribution in [0, 0.1) is 6.92 Å². The van der Waals surface area contributed by atoms with E-state index in [-0.39, 0.29) is 5.56 Å². The van der Waals surface area contributed by atoms with Crippen molar-refractivity contribution in [2.75, 3.05) is 5.32 Å². The summed E-state index contributed by atoms with van der Waals surface area (Å²) in [5, 5.41) is 21.4. The minimum absolute atomic E-state index is 0.0140. The standard InChI is InChI=1S/C20H19BN2O4/c1-14-9-10-16(12-18(14)21(26)27)22-19(24)17-8-5-11-23(20(17)25)13-15-6-3-2-4-7-15/h2-12,26-27H,13H2,1H3,(H,22,24). The molecule has 0 atom stereocenters. The Morgan fingerprint density at radius 3 is 2.52 bits per heavy atom. The number of amides is 1. The number of nitrogens with zero attached hydrogens (tertiary/aromatic N) is 1. The van der Waals surface area contributed by atoms with E-state index in [4.69, 9.17) is 0 Å². The van der Waals surface area contributed by atoms with Gasteiger partial charge in [-0.1, -0.05) is 42.0 Å². The Bertz CT molecular complexity index is 1020. The van der Waals surface area contributed by atoms with Gasteiger partial charge in [-0.3, -0.25) is 9.59 Å². The maximum atomic E-state index is 12.7. The molecule has 0 fully saturated rings. The molecule has 0 saturated heterocycles. The molecule has 0 unspecified atom stereocenters. The van der Waals surface area contributed by atoms with Crippen molar-refractivity contribution in [1.29, 1.82) is 0 Å². The minimum Gasteiger partial charge on any atom is -0.423 e. The number of rotatable bonds is 5. The number of carbonyl (C=O) groups is 1. The molecule has 3 aromatic rings. The van der Waals surface area contributed by atoms with Crippen LogP contribution in [0.5, 0.6) is 0 Å². The average Bonchev–Trinajstić information content (AvgIpc) is 2.65. The number of aromatic nitrogens is 1. The van der Waals surface area contributed by atoms with Gasteiger partial charge in [0.15, 0.2) is 0 Å². The third-order valence-electron chi connectivity index (χ3n) is 4.28. The first kappa shape index (κ1) is 18.6. The Labute approximate surface area is 156 Å². The monoisotopic (exact) mass is 362 g/mol. The maximum Gasteiger partial charge on any atom is 0.488 e. The average molecular weight is 362 g/mol. The summed E-state index contributed by atoms with van der Waals surface area (Å²) in [5.74, 6) is -0.551. The zero-order chi connectivity index (χ0) is 19.4. The predicted octanol–water partition coefficient (Wildman–Crippen LogP) is 1.14. The van der Waals surface area contributed by atoms with Gasteiger partial charge in [0, 0.05) is 11.9 Å². The van der Waals surface area contributed by atoms with Crippen LogP contribution in [0.3, 0.4) is 0 Å². The van der Waals surface area contributed by atoms with Gasteiger partial charge in [0.25, 0.3) is 11.5 Å². The van der Waals surface area contributed by atoms with Crippen LogP contribution in [0.15, 0.2) is 71.7 Å². The van der Waals surface area contributed by atoms with Crippen LogP contribution < -0.4 is 16.3 Å². The first-order chi connectivity index (χ1) is 13.0. The highest BCUT2D eigenvalue weighted by atomic mass is 16.4. The normalized spacial score (nSPS) is 10.5. The summed E-state index contributed by atoms with van der Waals surface area (Å²) in [6.45, 7) is 2.10. The maximum absolute atomic E-state index is 12.7. The fourth-order valence-electron chi connectivity index (χ4n) is 2.81. The second kappa shape index (κ2) is 8.03. The quantitative estimate of drug-likeness (QED) is 0.594.